The van der Waals surface area contributed by atoms with Crippen LogP contribution in [-0.2, 0) is 18.6 Å². The van der Waals surface area contributed by atoms with Crippen molar-refractivity contribution in [2.45, 2.75) is 51.3 Å². The molecule has 2 saturated heterocycles. The van der Waals surface area contributed by atoms with Crippen LogP contribution in [-0.4, -0.2) is 61.3 Å². The molecule has 0 amide bonds. The van der Waals surface area contributed by atoms with Crippen LogP contribution in [0, 0.1) is 0 Å². The molecule has 4 atom stereocenters. The highest BCUT2D eigenvalue weighted by atomic mass is 32.2. The van der Waals surface area contributed by atoms with Crippen LogP contribution < -0.4 is 0 Å². The Kier molecular flexibility index (Phi) is 10.3. The first-order chi connectivity index (χ1) is 13.0. The number of hydrogen-bond acceptors (Lipinski definition) is 6. The molecule has 0 aromatic carbocycles. The maximum absolute atomic E-state index is 12.2. The lowest BCUT2D eigenvalue weighted by atomic mass is 9.96. The van der Waals surface area contributed by atoms with Gasteiger partial charge in [-0.2, -0.15) is 0 Å². The Hall–Kier alpha value is -0.425. The number of hydrogen-bond donors (Lipinski definition) is 0. The lowest BCUT2D eigenvalue weighted by molar-refractivity contribution is -0.107. The number of nitrogens with zero attached hydrogens (tertiary/aromatic N) is 1. The minimum atomic E-state index is -1.15. The molecule has 0 N–H and O–H groups in total. The van der Waals surface area contributed by atoms with E-state index in [1.807, 2.05) is 13.8 Å². The predicted octanol–water partition coefficient (Wildman–Crippen LogP) is 3.96. The highest BCUT2D eigenvalue weighted by Crippen LogP contribution is 2.48. The van der Waals surface area contributed by atoms with Gasteiger partial charge < -0.3 is 13.8 Å². The van der Waals surface area contributed by atoms with Crippen LogP contribution in [0.2, 0.25) is 0 Å². The number of allylic oxidation sites excluding steroid dienone is 4. The van der Waals surface area contributed by atoms with Gasteiger partial charge >= 0.3 is 0 Å². The molecule has 2 rings (SSSR count). The Bertz CT molecular complexity index is 554. The van der Waals surface area contributed by atoms with Crippen molar-refractivity contribution in [1.82, 2.24) is 4.67 Å². The Balaban J connectivity index is 1.80. The van der Waals surface area contributed by atoms with Crippen molar-refractivity contribution in [2.75, 3.05) is 25.4 Å². The molecule has 148 valence electrons. The normalized spacial score (nSPS) is 28.1. The summed E-state index contributed by atoms with van der Waals surface area (Å²) in [7, 11) is 4.72. The van der Waals surface area contributed by atoms with Gasteiger partial charge in [-0.1, -0.05) is 42.6 Å². The lowest BCUT2D eigenvalue weighted by Crippen LogP contribution is -2.25. The summed E-state index contributed by atoms with van der Waals surface area (Å²) in [5, 5.41) is 0.0365. The average molecular weight is 409 g/mol. The van der Waals surface area contributed by atoms with Crippen LogP contribution >= 0.6 is 20.3 Å². The average Bonchev–Trinajstić information content (AvgIpc) is 3.28. The number of carbonyl (C=O) groups excluding carboxylic acids is 1. The summed E-state index contributed by atoms with van der Waals surface area (Å²) in [6.07, 6.45) is 9.94. The highest BCUT2D eigenvalue weighted by molar-refractivity contribution is 8.14. The van der Waals surface area contributed by atoms with E-state index in [-0.39, 0.29) is 23.3 Å². The first-order valence-corrected chi connectivity index (χ1v) is 11.5. The maximum Gasteiger partial charge on any atom is 0.259 e. The summed E-state index contributed by atoms with van der Waals surface area (Å²) in [4.78, 5) is 12.2. The standard InChI is InChI=1S/C19H29BNO4PS/c1-4-6-9-16(5-2)19(22)27-13-12-23-26(21-10-7-8-11-21)25-17-14-18(20)24-15(17)3/h4-6,9,15,17-18H,1,7-8,10-14H2,2-3H3/b9-6-,16-5+/t15?,17-,18-,26?/m1/s1. The molecule has 2 unspecified atom stereocenters. The molecule has 0 aromatic rings. The summed E-state index contributed by atoms with van der Waals surface area (Å²) in [5.74, 6) is 0.588. The molecule has 2 heterocycles. The third-order valence-corrected chi connectivity index (χ3v) is 6.98. The monoisotopic (exact) mass is 409 g/mol. The Morgan fingerprint density at radius 1 is 1.44 bits per heavy atom. The van der Waals surface area contributed by atoms with Gasteiger partial charge in [-0.25, -0.2) is 4.67 Å². The molecule has 0 aliphatic carbocycles. The number of carbonyl (C=O) groups is 1. The smallest absolute Gasteiger partial charge is 0.259 e. The van der Waals surface area contributed by atoms with Crippen molar-refractivity contribution < 1.29 is 18.6 Å². The summed E-state index contributed by atoms with van der Waals surface area (Å²) in [5.41, 5.74) is 0.670. The van der Waals surface area contributed by atoms with E-state index in [1.54, 1.807) is 24.3 Å². The van der Waals surface area contributed by atoms with Gasteiger partial charge in [0.05, 0.1) is 18.8 Å². The van der Waals surface area contributed by atoms with Crippen molar-refractivity contribution in [3.05, 3.63) is 36.5 Å². The maximum atomic E-state index is 12.2. The molecule has 2 radical (unpaired) electrons. The second kappa shape index (κ2) is 12.2. The first-order valence-electron chi connectivity index (χ1n) is 9.43. The zero-order valence-electron chi connectivity index (χ0n) is 16.2. The van der Waals surface area contributed by atoms with Gasteiger partial charge in [0.1, 0.15) is 7.85 Å². The van der Waals surface area contributed by atoms with Gasteiger partial charge in [0.25, 0.3) is 8.53 Å². The van der Waals surface area contributed by atoms with Crippen LogP contribution in [0.25, 0.3) is 0 Å². The van der Waals surface area contributed by atoms with Gasteiger partial charge in [-0.05, 0) is 33.1 Å². The molecule has 0 aromatic heterocycles. The van der Waals surface area contributed by atoms with Crippen molar-refractivity contribution in [2.24, 2.45) is 0 Å². The van der Waals surface area contributed by atoms with Crippen LogP contribution in [0.3, 0.4) is 0 Å². The SMILES string of the molecule is [B][C@H]1C[C@@H](OP(OCCSC(=O)C(/C=C\C=C)=C/C)N2CCCC2)C(C)O1. The second-order valence-corrected chi connectivity index (χ2v) is 9.04. The topological polar surface area (TPSA) is 48.0 Å². The molecule has 2 aliphatic rings. The van der Waals surface area contributed by atoms with E-state index >= 15 is 0 Å². The molecule has 2 aliphatic heterocycles. The summed E-state index contributed by atoms with van der Waals surface area (Å²) < 4.78 is 20.2. The lowest BCUT2D eigenvalue weighted by Gasteiger charge is -2.29. The predicted molar refractivity (Wildman–Crippen MR) is 114 cm³/mol. The minimum Gasteiger partial charge on any atom is -0.382 e. The highest BCUT2D eigenvalue weighted by Gasteiger charge is 2.35. The van der Waals surface area contributed by atoms with Crippen molar-refractivity contribution >= 4 is 33.2 Å². The molecular formula is C19H29BNO4PS. The van der Waals surface area contributed by atoms with Crippen molar-refractivity contribution in [3.8, 4) is 0 Å². The van der Waals surface area contributed by atoms with Crippen molar-refractivity contribution in [3.63, 3.8) is 0 Å². The van der Waals surface area contributed by atoms with Crippen LogP contribution in [0.5, 0.6) is 0 Å². The molecule has 0 bridgehead atoms. The number of ether oxygens (including phenoxy) is 1. The third kappa shape index (κ3) is 7.49. The van der Waals surface area contributed by atoms with Gasteiger partial charge in [-0.15, -0.1) is 0 Å². The zero-order chi connectivity index (χ0) is 19.6. The van der Waals surface area contributed by atoms with Crippen LogP contribution in [0.1, 0.15) is 33.1 Å². The largest absolute Gasteiger partial charge is 0.382 e. The van der Waals surface area contributed by atoms with Crippen molar-refractivity contribution in [1.29, 1.82) is 0 Å². The zero-order valence-corrected chi connectivity index (χ0v) is 17.9. The fourth-order valence-electron chi connectivity index (χ4n) is 2.91. The van der Waals surface area contributed by atoms with E-state index in [1.165, 1.54) is 11.8 Å². The van der Waals surface area contributed by atoms with E-state index < -0.39 is 8.53 Å². The Morgan fingerprint density at radius 2 is 2.19 bits per heavy atom. The number of thioether (sulfide) groups is 1. The molecule has 27 heavy (non-hydrogen) atoms. The van der Waals surface area contributed by atoms with E-state index in [2.05, 4.69) is 11.2 Å². The molecule has 2 fully saturated rings. The van der Waals surface area contributed by atoms with Gasteiger partial charge in [0, 0.05) is 30.4 Å². The Labute approximate surface area is 169 Å². The summed E-state index contributed by atoms with van der Waals surface area (Å²) >= 11 is 1.26. The van der Waals surface area contributed by atoms with Crippen LogP contribution in [0.15, 0.2) is 36.5 Å². The fourth-order valence-corrected chi connectivity index (χ4v) is 5.45. The summed E-state index contributed by atoms with van der Waals surface area (Å²) in [6, 6.07) is -0.267. The molecule has 8 heteroatoms. The fraction of sp³-hybridized carbons (Fsp3) is 0.632. The molecule has 0 spiro atoms. The quantitative estimate of drug-likeness (QED) is 0.179. The van der Waals surface area contributed by atoms with E-state index in [4.69, 9.17) is 21.6 Å². The van der Waals surface area contributed by atoms with Gasteiger partial charge in [0.15, 0.2) is 0 Å². The van der Waals surface area contributed by atoms with E-state index in [0.29, 0.717) is 24.4 Å². The molecule has 5 nitrogen and oxygen atoms in total. The third-order valence-electron chi connectivity index (χ3n) is 4.39. The van der Waals surface area contributed by atoms with Gasteiger partial charge in [0.2, 0.25) is 5.12 Å². The minimum absolute atomic E-state index is 0.0268. The second-order valence-electron chi connectivity index (χ2n) is 6.47. The summed E-state index contributed by atoms with van der Waals surface area (Å²) in [6.45, 7) is 9.91. The van der Waals surface area contributed by atoms with E-state index in [0.717, 1.165) is 25.9 Å². The Morgan fingerprint density at radius 3 is 2.78 bits per heavy atom. The first kappa shape index (κ1) is 22.9. The number of rotatable bonds is 10. The van der Waals surface area contributed by atoms with Gasteiger partial charge in [-0.3, -0.25) is 4.79 Å². The molecular weight excluding hydrogens is 380 g/mol. The van der Waals surface area contributed by atoms with Crippen LogP contribution in [0.4, 0.5) is 0 Å². The van der Waals surface area contributed by atoms with E-state index in [9.17, 15) is 4.79 Å². The molecule has 0 saturated carbocycles.